The molecule has 0 spiro atoms. The monoisotopic (exact) mass is 286 g/mol. The van der Waals surface area contributed by atoms with Gasteiger partial charge in [-0.3, -0.25) is 4.79 Å². The van der Waals surface area contributed by atoms with E-state index in [9.17, 15) is 4.79 Å². The van der Waals surface area contributed by atoms with Crippen molar-refractivity contribution in [2.24, 2.45) is 11.5 Å². The maximum atomic E-state index is 11.0. The summed E-state index contributed by atoms with van der Waals surface area (Å²) >= 11 is 5.00. The van der Waals surface area contributed by atoms with Crippen molar-refractivity contribution in [3.8, 4) is 11.5 Å². The predicted octanol–water partition coefficient (Wildman–Crippen LogP) is 2.52. The molecule has 0 aliphatic heterocycles. The van der Waals surface area contributed by atoms with Crippen LogP contribution in [0.3, 0.4) is 0 Å². The largest absolute Gasteiger partial charge is 0.457 e. The molecule has 0 fully saturated rings. The van der Waals surface area contributed by atoms with Gasteiger partial charge in [0.05, 0.1) is 5.56 Å². The quantitative estimate of drug-likeness (QED) is 0.847. The van der Waals surface area contributed by atoms with E-state index in [4.69, 9.17) is 28.4 Å². The molecule has 2 rings (SSSR count). The highest BCUT2D eigenvalue weighted by molar-refractivity contribution is 7.80. The van der Waals surface area contributed by atoms with Crippen LogP contribution in [0.15, 0.2) is 42.5 Å². The summed E-state index contributed by atoms with van der Waals surface area (Å²) in [5.41, 5.74) is 13.0. The molecule has 0 radical (unpaired) electrons. The van der Waals surface area contributed by atoms with Gasteiger partial charge in [-0.1, -0.05) is 18.3 Å². The van der Waals surface area contributed by atoms with Gasteiger partial charge in [0.15, 0.2) is 0 Å². The van der Waals surface area contributed by atoms with E-state index in [-0.39, 0.29) is 4.99 Å². The van der Waals surface area contributed by atoms with Gasteiger partial charge in [-0.15, -0.1) is 0 Å². The number of carbonyl (C=O) groups excluding carboxylic acids is 1. The van der Waals surface area contributed by atoms with Crippen LogP contribution in [-0.2, 0) is 0 Å². The molecule has 0 aliphatic carbocycles. The first-order chi connectivity index (χ1) is 9.47. The summed E-state index contributed by atoms with van der Waals surface area (Å²) in [5, 5.41) is 0. The van der Waals surface area contributed by atoms with E-state index in [0.717, 1.165) is 5.56 Å². The van der Waals surface area contributed by atoms with Crippen LogP contribution in [0, 0.1) is 6.92 Å². The molecule has 0 heterocycles. The molecule has 0 aliphatic rings. The summed E-state index contributed by atoms with van der Waals surface area (Å²) in [4.78, 5) is 11.3. The number of benzene rings is 2. The van der Waals surface area contributed by atoms with Crippen LogP contribution in [0.2, 0.25) is 0 Å². The lowest BCUT2D eigenvalue weighted by atomic mass is 10.1. The Hall–Kier alpha value is -2.40. The first-order valence-corrected chi connectivity index (χ1v) is 6.36. The maximum absolute atomic E-state index is 11.0. The van der Waals surface area contributed by atoms with E-state index in [2.05, 4.69) is 0 Å². The number of nitrogens with two attached hydrogens (primary N) is 2. The average Bonchev–Trinajstić information content (AvgIpc) is 2.39. The molecule has 0 aromatic heterocycles. The molecule has 0 unspecified atom stereocenters. The van der Waals surface area contributed by atoms with Crippen molar-refractivity contribution in [3.63, 3.8) is 0 Å². The van der Waals surface area contributed by atoms with E-state index in [0.29, 0.717) is 22.6 Å². The lowest BCUT2D eigenvalue weighted by Gasteiger charge is -2.11. The van der Waals surface area contributed by atoms with Crippen molar-refractivity contribution in [1.29, 1.82) is 0 Å². The molecule has 20 heavy (non-hydrogen) atoms. The summed E-state index contributed by atoms with van der Waals surface area (Å²) in [6, 6.07) is 12.2. The number of aryl methyl sites for hydroxylation is 1. The molecule has 0 saturated carbocycles. The number of amides is 1. The Morgan fingerprint density at radius 2 is 1.75 bits per heavy atom. The smallest absolute Gasteiger partial charge is 0.248 e. The van der Waals surface area contributed by atoms with Crippen LogP contribution in [0.1, 0.15) is 21.5 Å². The van der Waals surface area contributed by atoms with E-state index >= 15 is 0 Å². The zero-order valence-electron chi connectivity index (χ0n) is 10.9. The fourth-order valence-electron chi connectivity index (χ4n) is 1.73. The second-order valence-corrected chi connectivity index (χ2v) is 4.79. The summed E-state index contributed by atoms with van der Waals surface area (Å²) in [6.07, 6.45) is 0. The number of primary amides is 1. The van der Waals surface area contributed by atoms with Gasteiger partial charge in [-0.25, -0.2) is 0 Å². The molecule has 0 bridgehead atoms. The second-order valence-electron chi connectivity index (χ2n) is 4.35. The lowest BCUT2D eigenvalue weighted by molar-refractivity contribution is 0.100. The normalized spacial score (nSPS) is 10.1. The number of hydrogen-bond acceptors (Lipinski definition) is 3. The fraction of sp³-hybridized carbons (Fsp3) is 0.0667. The van der Waals surface area contributed by atoms with Crippen LogP contribution in [0.5, 0.6) is 11.5 Å². The molecular formula is C15H14N2O2S. The minimum atomic E-state index is -0.476. The van der Waals surface area contributed by atoms with Crippen molar-refractivity contribution in [2.45, 2.75) is 6.92 Å². The lowest BCUT2D eigenvalue weighted by Crippen LogP contribution is -2.11. The average molecular weight is 286 g/mol. The van der Waals surface area contributed by atoms with E-state index in [1.54, 1.807) is 24.3 Å². The summed E-state index contributed by atoms with van der Waals surface area (Å²) in [7, 11) is 0. The van der Waals surface area contributed by atoms with Crippen LogP contribution >= 0.6 is 12.2 Å². The number of ether oxygens (including phenoxy) is 1. The maximum Gasteiger partial charge on any atom is 0.248 e. The fourth-order valence-corrected chi connectivity index (χ4v) is 1.90. The minimum Gasteiger partial charge on any atom is -0.457 e. The molecule has 2 aromatic carbocycles. The Bertz CT molecular complexity index is 666. The Labute approximate surface area is 122 Å². The summed E-state index contributed by atoms with van der Waals surface area (Å²) in [6.45, 7) is 1.95. The van der Waals surface area contributed by atoms with Gasteiger partial charge < -0.3 is 16.2 Å². The number of carbonyl (C=O) groups is 1. The summed E-state index contributed by atoms with van der Waals surface area (Å²) < 4.78 is 5.77. The highest BCUT2D eigenvalue weighted by Crippen LogP contribution is 2.26. The predicted molar refractivity (Wildman–Crippen MR) is 82.1 cm³/mol. The van der Waals surface area contributed by atoms with Gasteiger partial charge in [0.1, 0.15) is 16.5 Å². The third kappa shape index (κ3) is 3.13. The zero-order chi connectivity index (χ0) is 14.7. The number of hydrogen-bond donors (Lipinski definition) is 2. The standard InChI is InChI=1S/C15H14N2O2S/c1-9-2-7-12(15(17)20)13(8-9)19-11-5-3-10(4-6-11)14(16)18/h2-8H,1H3,(H2,16,18)(H2,17,20). The third-order valence-electron chi connectivity index (χ3n) is 2.77. The van der Waals surface area contributed by atoms with E-state index in [1.807, 2.05) is 25.1 Å². The highest BCUT2D eigenvalue weighted by atomic mass is 32.1. The van der Waals surface area contributed by atoms with Crippen molar-refractivity contribution in [2.75, 3.05) is 0 Å². The molecule has 2 aromatic rings. The van der Waals surface area contributed by atoms with E-state index < -0.39 is 5.91 Å². The molecule has 0 saturated heterocycles. The molecule has 4 nitrogen and oxygen atoms in total. The second kappa shape index (κ2) is 5.71. The molecule has 102 valence electrons. The van der Waals surface area contributed by atoms with Crippen LogP contribution in [0.4, 0.5) is 0 Å². The summed E-state index contributed by atoms with van der Waals surface area (Å²) in [5.74, 6) is 0.693. The minimum absolute atomic E-state index is 0.272. The van der Waals surface area contributed by atoms with Gasteiger partial charge in [0.2, 0.25) is 5.91 Å². The van der Waals surface area contributed by atoms with Crippen molar-refractivity contribution < 1.29 is 9.53 Å². The number of rotatable bonds is 4. The SMILES string of the molecule is Cc1ccc(C(N)=S)c(Oc2ccc(C(N)=O)cc2)c1. The Balaban J connectivity index is 2.31. The van der Waals surface area contributed by atoms with Gasteiger partial charge >= 0.3 is 0 Å². The van der Waals surface area contributed by atoms with Crippen molar-refractivity contribution >= 4 is 23.1 Å². The zero-order valence-corrected chi connectivity index (χ0v) is 11.7. The first-order valence-electron chi connectivity index (χ1n) is 5.95. The Morgan fingerprint density at radius 1 is 1.10 bits per heavy atom. The van der Waals surface area contributed by atoms with E-state index in [1.165, 1.54) is 0 Å². The van der Waals surface area contributed by atoms with Gasteiger partial charge in [0.25, 0.3) is 0 Å². The molecule has 5 heteroatoms. The van der Waals surface area contributed by atoms with Gasteiger partial charge in [0, 0.05) is 5.56 Å². The van der Waals surface area contributed by atoms with Crippen LogP contribution in [0.25, 0.3) is 0 Å². The van der Waals surface area contributed by atoms with Gasteiger partial charge in [-0.05, 0) is 48.9 Å². The molecular weight excluding hydrogens is 272 g/mol. The number of thiocarbonyl (C=S) groups is 1. The van der Waals surface area contributed by atoms with Crippen molar-refractivity contribution in [3.05, 3.63) is 59.2 Å². The van der Waals surface area contributed by atoms with Crippen LogP contribution < -0.4 is 16.2 Å². The van der Waals surface area contributed by atoms with Crippen LogP contribution in [-0.4, -0.2) is 10.9 Å². The van der Waals surface area contributed by atoms with Gasteiger partial charge in [-0.2, -0.15) is 0 Å². The molecule has 4 N–H and O–H groups in total. The van der Waals surface area contributed by atoms with Crippen molar-refractivity contribution in [1.82, 2.24) is 0 Å². The molecule has 0 atom stereocenters. The third-order valence-corrected chi connectivity index (χ3v) is 2.99. The highest BCUT2D eigenvalue weighted by Gasteiger charge is 2.08. The molecule has 1 amide bonds. The Kier molecular flexibility index (Phi) is 4.00. The topological polar surface area (TPSA) is 78.3 Å². The Morgan fingerprint density at radius 3 is 2.30 bits per heavy atom. The first kappa shape index (κ1) is 14.0.